The van der Waals surface area contributed by atoms with Gasteiger partial charge >= 0.3 is 0 Å². The van der Waals surface area contributed by atoms with Gasteiger partial charge in [0, 0.05) is 11.8 Å². The molecular weight excluding hydrogens is 260 g/mol. The number of aliphatic hydroxyl groups excluding tert-OH is 1. The van der Waals surface area contributed by atoms with Gasteiger partial charge in [-0.25, -0.2) is 4.98 Å². The molecule has 0 bridgehead atoms. The third-order valence-electron chi connectivity index (χ3n) is 4.83. The number of aromatic nitrogens is 2. The van der Waals surface area contributed by atoms with E-state index in [1.807, 2.05) is 16.9 Å². The normalized spacial score (nSPS) is 19.0. The zero-order chi connectivity index (χ0) is 15.0. The molecule has 1 atom stereocenters. The van der Waals surface area contributed by atoms with Crippen LogP contribution in [0.3, 0.4) is 0 Å². The largest absolute Gasteiger partial charge is 0.388 e. The van der Waals surface area contributed by atoms with Crippen LogP contribution in [0, 0.1) is 5.92 Å². The molecular formula is C18H26N2O. The van der Waals surface area contributed by atoms with Crippen molar-refractivity contribution in [2.75, 3.05) is 0 Å². The van der Waals surface area contributed by atoms with Crippen LogP contribution in [-0.2, 0) is 5.41 Å². The third-order valence-corrected chi connectivity index (χ3v) is 4.83. The maximum Gasteiger partial charge on any atom is 0.0992 e. The van der Waals surface area contributed by atoms with Gasteiger partial charge in [-0.2, -0.15) is 0 Å². The first-order chi connectivity index (χ1) is 9.98. The van der Waals surface area contributed by atoms with E-state index in [0.717, 1.165) is 23.9 Å². The summed E-state index contributed by atoms with van der Waals surface area (Å²) >= 11 is 0. The summed E-state index contributed by atoms with van der Waals surface area (Å²) < 4.78 is 2.02. The molecule has 0 aromatic carbocycles. The number of imidazole rings is 1. The van der Waals surface area contributed by atoms with Crippen molar-refractivity contribution in [1.29, 1.82) is 0 Å². The molecule has 2 aromatic rings. The lowest BCUT2D eigenvalue weighted by molar-refractivity contribution is 0.0842. The average Bonchev–Trinajstić information content (AvgIpc) is 2.94. The SMILES string of the molecule is CC(C)(C)c1ccn2cncc2c1C(O)C1CCCCC1. The first-order valence-corrected chi connectivity index (χ1v) is 8.11. The van der Waals surface area contributed by atoms with Gasteiger partial charge in [0.25, 0.3) is 0 Å². The Hall–Kier alpha value is -1.35. The van der Waals surface area contributed by atoms with E-state index in [0.29, 0.717) is 5.92 Å². The molecule has 0 aliphatic heterocycles. The van der Waals surface area contributed by atoms with E-state index < -0.39 is 0 Å². The summed E-state index contributed by atoms with van der Waals surface area (Å²) in [5.41, 5.74) is 3.42. The number of hydrogen-bond donors (Lipinski definition) is 1. The van der Waals surface area contributed by atoms with Crippen LogP contribution in [0.2, 0.25) is 0 Å². The number of hydrogen-bond acceptors (Lipinski definition) is 2. The average molecular weight is 286 g/mol. The van der Waals surface area contributed by atoms with Crippen molar-refractivity contribution in [2.45, 2.75) is 64.4 Å². The minimum atomic E-state index is -0.375. The fraction of sp³-hybridized carbons (Fsp3) is 0.611. The van der Waals surface area contributed by atoms with Crippen molar-refractivity contribution in [1.82, 2.24) is 9.38 Å². The zero-order valence-corrected chi connectivity index (χ0v) is 13.3. The highest BCUT2D eigenvalue weighted by atomic mass is 16.3. The molecule has 1 saturated carbocycles. The number of rotatable bonds is 2. The molecule has 21 heavy (non-hydrogen) atoms. The minimum absolute atomic E-state index is 0.0248. The molecule has 1 aliphatic carbocycles. The Morgan fingerprint density at radius 2 is 1.95 bits per heavy atom. The monoisotopic (exact) mass is 286 g/mol. The standard InChI is InChI=1S/C18H26N2O/c1-18(2,3)14-9-10-20-12-19-11-15(20)16(14)17(21)13-7-5-4-6-8-13/h9-13,17,21H,4-8H2,1-3H3. The van der Waals surface area contributed by atoms with Gasteiger partial charge in [-0.1, -0.05) is 40.0 Å². The maximum atomic E-state index is 11.1. The highest BCUT2D eigenvalue weighted by molar-refractivity contribution is 5.59. The summed E-state index contributed by atoms with van der Waals surface area (Å²) in [5.74, 6) is 0.390. The zero-order valence-electron chi connectivity index (χ0n) is 13.3. The van der Waals surface area contributed by atoms with Gasteiger partial charge in [-0.15, -0.1) is 0 Å². The summed E-state index contributed by atoms with van der Waals surface area (Å²) in [7, 11) is 0. The maximum absolute atomic E-state index is 11.1. The van der Waals surface area contributed by atoms with Gasteiger partial charge in [0.1, 0.15) is 0 Å². The number of aliphatic hydroxyl groups is 1. The summed E-state index contributed by atoms with van der Waals surface area (Å²) in [6, 6.07) is 2.15. The summed E-state index contributed by atoms with van der Waals surface area (Å²) in [5, 5.41) is 11.1. The molecule has 1 aliphatic rings. The third kappa shape index (κ3) is 2.71. The van der Waals surface area contributed by atoms with Crippen molar-refractivity contribution in [3.63, 3.8) is 0 Å². The van der Waals surface area contributed by atoms with Crippen LogP contribution in [0.5, 0.6) is 0 Å². The number of pyridine rings is 1. The molecule has 1 N–H and O–H groups in total. The van der Waals surface area contributed by atoms with Gasteiger partial charge in [0.2, 0.25) is 0 Å². The number of nitrogens with zero attached hydrogens (tertiary/aromatic N) is 2. The molecule has 0 saturated heterocycles. The van der Waals surface area contributed by atoms with Crippen LogP contribution in [-0.4, -0.2) is 14.5 Å². The Kier molecular flexibility index (Phi) is 3.78. The van der Waals surface area contributed by atoms with Crippen molar-refractivity contribution >= 4 is 5.52 Å². The van der Waals surface area contributed by atoms with Crippen molar-refractivity contribution < 1.29 is 5.11 Å². The lowest BCUT2D eigenvalue weighted by Gasteiger charge is -2.31. The summed E-state index contributed by atoms with van der Waals surface area (Å²) in [6.07, 6.45) is 11.5. The molecule has 2 heterocycles. The predicted molar refractivity (Wildman–Crippen MR) is 85.4 cm³/mol. The quantitative estimate of drug-likeness (QED) is 0.896. The second-order valence-corrected chi connectivity index (χ2v) is 7.42. The Morgan fingerprint density at radius 1 is 1.24 bits per heavy atom. The van der Waals surface area contributed by atoms with Crippen LogP contribution in [0.4, 0.5) is 0 Å². The molecule has 0 radical (unpaired) electrons. The molecule has 2 aromatic heterocycles. The lowest BCUT2D eigenvalue weighted by Crippen LogP contribution is -2.22. The van der Waals surface area contributed by atoms with E-state index in [1.54, 1.807) is 0 Å². The van der Waals surface area contributed by atoms with Crippen LogP contribution in [0.1, 0.15) is 70.1 Å². The fourth-order valence-corrected chi connectivity index (χ4v) is 3.67. The molecule has 3 nitrogen and oxygen atoms in total. The van der Waals surface area contributed by atoms with Crippen LogP contribution >= 0.6 is 0 Å². The highest BCUT2D eigenvalue weighted by Gasteiger charge is 2.30. The molecule has 114 valence electrons. The fourth-order valence-electron chi connectivity index (χ4n) is 3.67. The van der Waals surface area contributed by atoms with Gasteiger partial charge in [-0.3, -0.25) is 0 Å². The van der Waals surface area contributed by atoms with Crippen molar-refractivity contribution in [3.05, 3.63) is 35.9 Å². The number of fused-ring (bicyclic) bond motifs is 1. The second-order valence-electron chi connectivity index (χ2n) is 7.42. The van der Waals surface area contributed by atoms with E-state index in [9.17, 15) is 5.11 Å². The highest BCUT2D eigenvalue weighted by Crippen LogP contribution is 2.40. The van der Waals surface area contributed by atoms with E-state index in [4.69, 9.17) is 0 Å². The molecule has 1 fully saturated rings. The molecule has 1 unspecified atom stereocenters. The molecule has 0 spiro atoms. The minimum Gasteiger partial charge on any atom is -0.388 e. The van der Waals surface area contributed by atoms with Gasteiger partial charge in [0.05, 0.1) is 24.1 Å². The summed E-state index contributed by atoms with van der Waals surface area (Å²) in [4.78, 5) is 4.26. The molecule has 3 rings (SSSR count). The van der Waals surface area contributed by atoms with Crippen LogP contribution in [0.15, 0.2) is 24.8 Å². The van der Waals surface area contributed by atoms with E-state index in [-0.39, 0.29) is 11.5 Å². The van der Waals surface area contributed by atoms with Crippen LogP contribution < -0.4 is 0 Å². The Balaban J connectivity index is 2.11. The van der Waals surface area contributed by atoms with Crippen LogP contribution in [0.25, 0.3) is 5.52 Å². The van der Waals surface area contributed by atoms with Gasteiger partial charge < -0.3 is 9.51 Å². The topological polar surface area (TPSA) is 37.5 Å². The van der Waals surface area contributed by atoms with Gasteiger partial charge in [0.15, 0.2) is 0 Å². The van der Waals surface area contributed by atoms with Crippen molar-refractivity contribution in [3.8, 4) is 0 Å². The molecule has 0 amide bonds. The molecule has 3 heteroatoms. The smallest absolute Gasteiger partial charge is 0.0992 e. The summed E-state index contributed by atoms with van der Waals surface area (Å²) in [6.45, 7) is 6.64. The predicted octanol–water partition coefficient (Wildman–Crippen LogP) is 4.25. The Labute approximate surface area is 127 Å². The first-order valence-electron chi connectivity index (χ1n) is 8.11. The Bertz CT molecular complexity index is 618. The first kappa shape index (κ1) is 14.6. The van der Waals surface area contributed by atoms with E-state index >= 15 is 0 Å². The van der Waals surface area contributed by atoms with Gasteiger partial charge in [-0.05, 0) is 35.8 Å². The Morgan fingerprint density at radius 3 is 2.62 bits per heavy atom. The second kappa shape index (κ2) is 5.45. The lowest BCUT2D eigenvalue weighted by atomic mass is 9.77. The van der Waals surface area contributed by atoms with E-state index in [2.05, 4.69) is 38.0 Å². The van der Waals surface area contributed by atoms with Crippen molar-refractivity contribution in [2.24, 2.45) is 5.92 Å². The van der Waals surface area contributed by atoms with E-state index in [1.165, 1.54) is 24.8 Å².